The van der Waals surface area contributed by atoms with Gasteiger partial charge in [-0.15, -0.1) is 0 Å². The standard InChI is InChI=1S/C8H5ClF3NO/c9-6(4-14)5-2-1-3-13-7(5)8(10,11)12/h1-4,14H/b6-4+. The van der Waals surface area contributed by atoms with Gasteiger partial charge in [-0.3, -0.25) is 4.98 Å². The molecule has 0 radical (unpaired) electrons. The molecule has 0 bridgehead atoms. The quantitative estimate of drug-likeness (QED) is 0.742. The fourth-order valence-corrected chi connectivity index (χ4v) is 1.05. The van der Waals surface area contributed by atoms with Crippen LogP contribution in [0.5, 0.6) is 0 Å². The number of aliphatic hydroxyl groups is 1. The number of hydrogen-bond acceptors (Lipinski definition) is 2. The molecule has 1 aromatic heterocycles. The molecule has 14 heavy (non-hydrogen) atoms. The molecule has 1 aromatic rings. The zero-order valence-electron chi connectivity index (χ0n) is 6.72. The zero-order valence-corrected chi connectivity index (χ0v) is 7.47. The summed E-state index contributed by atoms with van der Waals surface area (Å²) >= 11 is 5.37. The van der Waals surface area contributed by atoms with E-state index in [0.717, 1.165) is 12.3 Å². The highest BCUT2D eigenvalue weighted by molar-refractivity contribution is 6.48. The van der Waals surface area contributed by atoms with Crippen LogP contribution < -0.4 is 0 Å². The third-order valence-corrected chi connectivity index (χ3v) is 1.75. The molecule has 1 heterocycles. The van der Waals surface area contributed by atoms with Crippen LogP contribution in [0.1, 0.15) is 11.3 Å². The van der Waals surface area contributed by atoms with Gasteiger partial charge in [0, 0.05) is 11.8 Å². The number of alkyl halides is 3. The lowest BCUT2D eigenvalue weighted by Crippen LogP contribution is -2.10. The second kappa shape index (κ2) is 3.88. The van der Waals surface area contributed by atoms with Crippen molar-refractivity contribution in [3.8, 4) is 0 Å². The van der Waals surface area contributed by atoms with Crippen molar-refractivity contribution in [1.82, 2.24) is 4.98 Å². The van der Waals surface area contributed by atoms with Gasteiger partial charge in [0.05, 0.1) is 11.3 Å². The summed E-state index contributed by atoms with van der Waals surface area (Å²) in [7, 11) is 0. The van der Waals surface area contributed by atoms with Crippen molar-refractivity contribution < 1.29 is 18.3 Å². The third kappa shape index (κ3) is 2.17. The molecular weight excluding hydrogens is 219 g/mol. The number of halogens is 4. The first-order valence-electron chi connectivity index (χ1n) is 3.49. The molecule has 0 aliphatic heterocycles. The summed E-state index contributed by atoms with van der Waals surface area (Å²) in [5.41, 5.74) is -1.46. The summed E-state index contributed by atoms with van der Waals surface area (Å²) in [6.07, 6.45) is -3.18. The molecule has 2 nitrogen and oxygen atoms in total. The molecule has 0 aliphatic rings. The van der Waals surface area contributed by atoms with E-state index in [9.17, 15) is 13.2 Å². The van der Waals surface area contributed by atoms with Crippen LogP contribution in [0, 0.1) is 0 Å². The lowest BCUT2D eigenvalue weighted by molar-refractivity contribution is -0.141. The lowest BCUT2D eigenvalue weighted by Gasteiger charge is -2.09. The number of nitrogens with zero attached hydrogens (tertiary/aromatic N) is 1. The second-order valence-electron chi connectivity index (χ2n) is 2.37. The van der Waals surface area contributed by atoms with Gasteiger partial charge in [0.1, 0.15) is 0 Å². The van der Waals surface area contributed by atoms with Crippen LogP contribution >= 0.6 is 11.6 Å². The first-order chi connectivity index (χ1) is 6.46. The highest BCUT2D eigenvalue weighted by Crippen LogP contribution is 2.33. The van der Waals surface area contributed by atoms with Gasteiger partial charge in [-0.2, -0.15) is 13.2 Å². The Labute approximate surface area is 82.7 Å². The van der Waals surface area contributed by atoms with Crippen LogP contribution in [-0.2, 0) is 6.18 Å². The lowest BCUT2D eigenvalue weighted by atomic mass is 10.2. The summed E-state index contributed by atoms with van der Waals surface area (Å²) in [5, 5.41) is 8.09. The van der Waals surface area contributed by atoms with Crippen LogP contribution in [0.4, 0.5) is 13.2 Å². The van der Waals surface area contributed by atoms with E-state index in [1.807, 2.05) is 0 Å². The predicted octanol–water partition coefficient (Wildman–Crippen LogP) is 3.20. The molecule has 0 spiro atoms. The summed E-state index contributed by atoms with van der Waals surface area (Å²) < 4.78 is 36.9. The van der Waals surface area contributed by atoms with Gasteiger partial charge in [0.25, 0.3) is 0 Å². The minimum Gasteiger partial charge on any atom is -0.514 e. The van der Waals surface area contributed by atoms with Gasteiger partial charge in [0.15, 0.2) is 5.69 Å². The Bertz CT molecular complexity index is 362. The number of aliphatic hydroxyl groups excluding tert-OH is 1. The number of hydrogen-bond donors (Lipinski definition) is 1. The van der Waals surface area contributed by atoms with Gasteiger partial charge in [-0.25, -0.2) is 0 Å². The topological polar surface area (TPSA) is 33.1 Å². The van der Waals surface area contributed by atoms with Crippen LogP contribution in [0.2, 0.25) is 0 Å². The van der Waals surface area contributed by atoms with Crippen molar-refractivity contribution in [1.29, 1.82) is 0 Å². The predicted molar refractivity (Wildman–Crippen MR) is 45.7 cm³/mol. The summed E-state index contributed by atoms with van der Waals surface area (Å²) in [6, 6.07) is 2.43. The Morgan fingerprint density at radius 3 is 2.64 bits per heavy atom. The average molecular weight is 224 g/mol. The molecule has 0 aliphatic carbocycles. The largest absolute Gasteiger partial charge is 0.514 e. The zero-order chi connectivity index (χ0) is 10.8. The smallest absolute Gasteiger partial charge is 0.433 e. The molecule has 0 saturated carbocycles. The van der Waals surface area contributed by atoms with E-state index in [1.165, 1.54) is 6.07 Å². The van der Waals surface area contributed by atoms with Gasteiger partial charge in [-0.1, -0.05) is 11.6 Å². The molecule has 76 valence electrons. The van der Waals surface area contributed by atoms with Crippen LogP contribution in [0.3, 0.4) is 0 Å². The molecule has 0 unspecified atom stereocenters. The molecule has 1 rings (SSSR count). The van der Waals surface area contributed by atoms with E-state index in [4.69, 9.17) is 16.7 Å². The van der Waals surface area contributed by atoms with Crippen molar-refractivity contribution >= 4 is 16.6 Å². The Hall–Kier alpha value is -1.23. The molecule has 0 amide bonds. The maximum Gasteiger partial charge on any atom is 0.433 e. The van der Waals surface area contributed by atoms with E-state index in [1.54, 1.807) is 0 Å². The van der Waals surface area contributed by atoms with Gasteiger partial charge < -0.3 is 5.11 Å². The molecule has 6 heteroatoms. The average Bonchev–Trinajstić information content (AvgIpc) is 2.15. The SMILES string of the molecule is O/C=C(/Cl)c1cccnc1C(F)(F)F. The fraction of sp³-hybridized carbons (Fsp3) is 0.125. The molecule has 0 aromatic carbocycles. The van der Waals surface area contributed by atoms with Crippen LogP contribution in [0.15, 0.2) is 24.6 Å². The normalized spacial score (nSPS) is 13.0. The molecule has 0 saturated heterocycles. The maximum atomic E-state index is 12.3. The Morgan fingerprint density at radius 2 is 2.14 bits per heavy atom. The monoisotopic (exact) mass is 223 g/mol. The van der Waals surface area contributed by atoms with Crippen molar-refractivity contribution in [2.24, 2.45) is 0 Å². The van der Waals surface area contributed by atoms with E-state index in [-0.39, 0.29) is 5.56 Å². The van der Waals surface area contributed by atoms with Gasteiger partial charge >= 0.3 is 6.18 Å². The highest BCUT2D eigenvalue weighted by atomic mass is 35.5. The summed E-state index contributed by atoms with van der Waals surface area (Å²) in [6.45, 7) is 0. The Balaban J connectivity index is 3.31. The van der Waals surface area contributed by atoms with Crippen molar-refractivity contribution in [2.45, 2.75) is 6.18 Å². The van der Waals surface area contributed by atoms with E-state index < -0.39 is 16.9 Å². The van der Waals surface area contributed by atoms with Gasteiger partial charge in [-0.05, 0) is 12.1 Å². The fourth-order valence-electron chi connectivity index (χ4n) is 0.893. The summed E-state index contributed by atoms with van der Waals surface area (Å²) in [5.74, 6) is 0. The first-order valence-corrected chi connectivity index (χ1v) is 3.87. The Kier molecular flexibility index (Phi) is 3.00. The Morgan fingerprint density at radius 1 is 1.50 bits per heavy atom. The molecule has 0 atom stereocenters. The molecule has 1 N–H and O–H groups in total. The van der Waals surface area contributed by atoms with Crippen molar-refractivity contribution in [3.05, 3.63) is 35.8 Å². The number of aromatic nitrogens is 1. The minimum atomic E-state index is -4.58. The second-order valence-corrected chi connectivity index (χ2v) is 2.78. The number of rotatable bonds is 1. The first kappa shape index (κ1) is 10.8. The molecular formula is C8H5ClF3NO. The van der Waals surface area contributed by atoms with Crippen LogP contribution in [-0.4, -0.2) is 10.1 Å². The number of pyridine rings is 1. The van der Waals surface area contributed by atoms with E-state index in [2.05, 4.69) is 4.98 Å². The van der Waals surface area contributed by atoms with Crippen molar-refractivity contribution in [2.75, 3.05) is 0 Å². The van der Waals surface area contributed by atoms with E-state index >= 15 is 0 Å². The van der Waals surface area contributed by atoms with Gasteiger partial charge in [0.2, 0.25) is 0 Å². The summed E-state index contributed by atoms with van der Waals surface area (Å²) in [4.78, 5) is 3.16. The minimum absolute atomic E-state index is 0.343. The molecule has 0 fully saturated rings. The van der Waals surface area contributed by atoms with Crippen molar-refractivity contribution in [3.63, 3.8) is 0 Å². The third-order valence-electron chi connectivity index (χ3n) is 1.45. The maximum absolute atomic E-state index is 12.3. The van der Waals surface area contributed by atoms with Crippen LogP contribution in [0.25, 0.3) is 5.03 Å². The highest BCUT2D eigenvalue weighted by Gasteiger charge is 2.35. The van der Waals surface area contributed by atoms with E-state index in [0.29, 0.717) is 6.26 Å².